The lowest BCUT2D eigenvalue weighted by Gasteiger charge is -2.23. The number of anilines is 4. The van der Waals surface area contributed by atoms with Gasteiger partial charge in [-0.25, -0.2) is 22.9 Å². The van der Waals surface area contributed by atoms with Crippen molar-refractivity contribution in [2.24, 2.45) is 0 Å². The highest BCUT2D eigenvalue weighted by atomic mass is 32.2. The van der Waals surface area contributed by atoms with Crippen LogP contribution in [0.15, 0.2) is 78.0 Å². The monoisotopic (exact) mass is 694 g/mol. The van der Waals surface area contributed by atoms with Crippen LogP contribution in [0.1, 0.15) is 28.8 Å². The number of fused-ring (bicyclic) bond motifs is 1. The van der Waals surface area contributed by atoms with Gasteiger partial charge in [-0.05, 0) is 60.9 Å². The number of carbonyl (C=O) groups is 1. The summed E-state index contributed by atoms with van der Waals surface area (Å²) in [5.41, 5.74) is 1.10. The molecule has 0 aliphatic heterocycles. The number of nitrogens with zero attached hydrogens (tertiary/aromatic N) is 4. The topological polar surface area (TPSA) is 156 Å². The number of benzene rings is 3. The lowest BCUT2D eigenvalue weighted by molar-refractivity contribution is -0.137. The van der Waals surface area contributed by atoms with Crippen molar-refractivity contribution in [3.05, 3.63) is 84.2 Å². The van der Waals surface area contributed by atoms with Crippen LogP contribution in [0, 0.1) is 0 Å². The van der Waals surface area contributed by atoms with E-state index >= 15 is 0 Å². The van der Waals surface area contributed by atoms with E-state index in [0.717, 1.165) is 12.1 Å². The third kappa shape index (κ3) is 7.05. The van der Waals surface area contributed by atoms with Crippen molar-refractivity contribution in [3.8, 4) is 23.0 Å². The minimum atomic E-state index is -4.59. The first kappa shape index (κ1) is 33.4. The van der Waals surface area contributed by atoms with Crippen LogP contribution in [0.4, 0.5) is 35.9 Å². The molecule has 0 saturated heterocycles. The summed E-state index contributed by atoms with van der Waals surface area (Å²) in [5.74, 6) is -1.06. The van der Waals surface area contributed by atoms with Gasteiger partial charge in [0.2, 0.25) is 15.9 Å². The van der Waals surface area contributed by atoms with E-state index in [4.69, 9.17) is 9.47 Å². The van der Waals surface area contributed by atoms with Crippen molar-refractivity contribution in [2.75, 3.05) is 31.5 Å². The summed E-state index contributed by atoms with van der Waals surface area (Å²) in [6.07, 6.45) is -0.494. The number of carboxylic acid groups (broad SMARTS) is 1. The molecule has 1 aliphatic rings. The zero-order valence-electron chi connectivity index (χ0n) is 26.2. The first-order valence-electron chi connectivity index (χ1n) is 14.7. The largest absolute Gasteiger partial charge is 0.480 e. The van der Waals surface area contributed by atoms with Crippen molar-refractivity contribution in [2.45, 2.75) is 30.0 Å². The molecular weight excluding hydrogens is 665 g/mol. The first-order chi connectivity index (χ1) is 23.3. The Hall–Kier alpha value is -5.48. The summed E-state index contributed by atoms with van der Waals surface area (Å²) in [5, 5.41) is 13.4. The zero-order valence-corrected chi connectivity index (χ0v) is 27.1. The minimum Gasteiger partial charge on any atom is -0.480 e. The molecule has 1 aliphatic carbocycles. The average Bonchev–Trinajstić information content (AvgIpc) is 3.90. The predicted molar refractivity (Wildman–Crippen MR) is 175 cm³/mol. The molecule has 3 N–H and O–H groups in total. The van der Waals surface area contributed by atoms with Gasteiger partial charge in [-0.15, -0.1) is 0 Å². The Kier molecular flexibility index (Phi) is 8.77. The second kappa shape index (κ2) is 12.9. The Balaban J connectivity index is 1.48. The van der Waals surface area contributed by atoms with Gasteiger partial charge in [0, 0.05) is 47.9 Å². The van der Waals surface area contributed by atoms with Gasteiger partial charge in [0.15, 0.2) is 0 Å². The summed E-state index contributed by atoms with van der Waals surface area (Å²) in [4.78, 5) is 26.2. The highest BCUT2D eigenvalue weighted by Crippen LogP contribution is 2.39. The molecule has 12 nitrogen and oxygen atoms in total. The van der Waals surface area contributed by atoms with Gasteiger partial charge in [0.05, 0.1) is 42.1 Å². The van der Waals surface area contributed by atoms with E-state index in [1.54, 1.807) is 18.2 Å². The van der Waals surface area contributed by atoms with E-state index in [2.05, 4.69) is 25.0 Å². The van der Waals surface area contributed by atoms with Gasteiger partial charge < -0.3 is 24.8 Å². The third-order valence-corrected chi connectivity index (χ3v) is 9.36. The lowest BCUT2D eigenvalue weighted by atomic mass is 10.0. The number of methoxy groups -OCH3 is 2. The molecule has 49 heavy (non-hydrogen) atoms. The van der Waals surface area contributed by atoms with Crippen molar-refractivity contribution >= 4 is 49.6 Å². The molecule has 0 amide bonds. The molecule has 0 unspecified atom stereocenters. The molecule has 1 fully saturated rings. The number of rotatable bonds is 11. The number of carboxylic acids is 1. The number of aromatic carboxylic acids is 1. The molecular formula is C33H29F3N6O6S. The van der Waals surface area contributed by atoms with Gasteiger partial charge in [-0.3, -0.25) is 4.98 Å². The SMILES string of the molecule is COc1ncc(-c2ccc3c(Nc4cc(C(=O)O)cc(N(C)c5cccc(C(F)(F)F)c5)c4)c(S(=O)(=O)NC4CC4)cnc3c2)c(OC)n1. The smallest absolute Gasteiger partial charge is 0.416 e. The van der Waals surface area contributed by atoms with Crippen LogP contribution in [-0.2, 0) is 16.2 Å². The van der Waals surface area contributed by atoms with Gasteiger partial charge in [0.25, 0.3) is 0 Å². The summed E-state index contributed by atoms with van der Waals surface area (Å²) >= 11 is 0. The zero-order chi connectivity index (χ0) is 35.1. The maximum Gasteiger partial charge on any atom is 0.416 e. The van der Waals surface area contributed by atoms with Crippen molar-refractivity contribution in [1.29, 1.82) is 0 Å². The average molecular weight is 695 g/mol. The molecule has 0 atom stereocenters. The maximum absolute atomic E-state index is 13.6. The Morgan fingerprint density at radius 3 is 2.43 bits per heavy atom. The number of alkyl halides is 3. The van der Waals surface area contributed by atoms with Crippen LogP contribution in [0.2, 0.25) is 0 Å². The number of sulfonamides is 1. The molecule has 254 valence electrons. The van der Waals surface area contributed by atoms with E-state index in [0.29, 0.717) is 34.9 Å². The van der Waals surface area contributed by atoms with Gasteiger partial charge in [-0.2, -0.15) is 18.2 Å². The van der Waals surface area contributed by atoms with Crippen LogP contribution < -0.4 is 24.4 Å². The lowest BCUT2D eigenvalue weighted by Crippen LogP contribution is -2.26. The number of nitrogens with one attached hydrogen (secondary N) is 2. The summed E-state index contributed by atoms with van der Waals surface area (Å²) in [6, 6.07) is 13.6. The van der Waals surface area contributed by atoms with Gasteiger partial charge in [-0.1, -0.05) is 18.2 Å². The molecule has 0 radical (unpaired) electrons. The Bertz CT molecular complexity index is 2190. The number of halogens is 3. The number of hydrogen-bond acceptors (Lipinski definition) is 10. The summed E-state index contributed by atoms with van der Waals surface area (Å²) < 4.78 is 80.7. The van der Waals surface area contributed by atoms with Gasteiger partial charge >= 0.3 is 18.2 Å². The highest BCUT2D eigenvalue weighted by Gasteiger charge is 2.32. The van der Waals surface area contributed by atoms with Crippen LogP contribution in [0.25, 0.3) is 22.0 Å². The second-order valence-electron chi connectivity index (χ2n) is 11.2. The van der Waals surface area contributed by atoms with E-state index in [1.165, 1.54) is 68.9 Å². The van der Waals surface area contributed by atoms with E-state index in [-0.39, 0.29) is 51.1 Å². The number of aromatic nitrogens is 3. The molecule has 2 heterocycles. The van der Waals surface area contributed by atoms with Crippen molar-refractivity contribution in [3.63, 3.8) is 0 Å². The summed E-state index contributed by atoms with van der Waals surface area (Å²) in [7, 11) is 0.266. The first-order valence-corrected chi connectivity index (χ1v) is 16.2. The Labute approximate surface area is 278 Å². The number of pyridine rings is 1. The second-order valence-corrected chi connectivity index (χ2v) is 12.9. The van der Waals surface area contributed by atoms with Crippen molar-refractivity contribution in [1.82, 2.24) is 19.7 Å². The van der Waals surface area contributed by atoms with Crippen LogP contribution in [0.3, 0.4) is 0 Å². The Morgan fingerprint density at radius 1 is 0.980 bits per heavy atom. The number of ether oxygens (including phenoxy) is 2. The normalized spacial score (nSPS) is 13.3. The van der Waals surface area contributed by atoms with Crippen LogP contribution in [0.5, 0.6) is 11.9 Å². The summed E-state index contributed by atoms with van der Waals surface area (Å²) in [6.45, 7) is 0. The predicted octanol–water partition coefficient (Wildman–Crippen LogP) is 6.38. The molecule has 0 spiro atoms. The molecule has 16 heteroatoms. The molecule has 5 aromatic rings. The van der Waals surface area contributed by atoms with Crippen LogP contribution in [-0.4, -0.2) is 61.8 Å². The molecule has 2 aromatic heterocycles. The highest BCUT2D eigenvalue weighted by molar-refractivity contribution is 7.89. The standard InChI is InChI=1S/C33H29F3N6O6S/c1-42(23-6-4-5-20(14-23)33(34,35)36)24-12-19(31(43)44)11-22(15-24)39-29-25-10-7-18(26-16-38-32(48-3)40-30(26)47-2)13-27(25)37-17-28(29)49(45,46)41-21-8-9-21/h4-7,10-17,21,41H,8-9H2,1-3H3,(H,37,39)(H,43,44). The fourth-order valence-electron chi connectivity index (χ4n) is 5.15. The van der Waals surface area contributed by atoms with Crippen LogP contribution >= 0.6 is 0 Å². The number of hydrogen-bond donors (Lipinski definition) is 3. The van der Waals surface area contributed by atoms with E-state index in [1.807, 2.05) is 0 Å². The van der Waals surface area contributed by atoms with Gasteiger partial charge in [0.1, 0.15) is 4.90 Å². The molecule has 6 rings (SSSR count). The molecule has 1 saturated carbocycles. The minimum absolute atomic E-state index is 0.102. The van der Waals surface area contributed by atoms with E-state index < -0.39 is 27.7 Å². The molecule has 3 aromatic carbocycles. The third-order valence-electron chi connectivity index (χ3n) is 7.82. The van der Waals surface area contributed by atoms with Crippen molar-refractivity contribution < 1.29 is 41.0 Å². The maximum atomic E-state index is 13.6. The fraction of sp³-hybridized carbons (Fsp3) is 0.212. The fourth-order valence-corrected chi connectivity index (χ4v) is 6.57. The van der Waals surface area contributed by atoms with E-state index in [9.17, 15) is 31.5 Å². The molecule has 0 bridgehead atoms. The quantitative estimate of drug-likeness (QED) is 0.141. The Morgan fingerprint density at radius 2 is 1.76 bits per heavy atom.